The number of hydrogen-bond acceptors (Lipinski definition) is 4. The number of carbonyl (C=O) groups is 2. The number of hydrogen-bond donors (Lipinski definition) is 2. The fourth-order valence-corrected chi connectivity index (χ4v) is 2.66. The van der Waals surface area contributed by atoms with Crippen molar-refractivity contribution in [1.82, 2.24) is 15.1 Å². The van der Waals surface area contributed by atoms with Gasteiger partial charge in [-0.15, -0.1) is 0 Å². The first-order valence-corrected chi connectivity index (χ1v) is 7.23. The van der Waals surface area contributed by atoms with Gasteiger partial charge in [-0.1, -0.05) is 0 Å². The number of carboxylic acid groups (broad SMARTS) is 1. The van der Waals surface area contributed by atoms with Crippen molar-refractivity contribution in [2.24, 2.45) is 0 Å². The lowest BCUT2D eigenvalue weighted by atomic mass is 10.2. The number of urea groups is 1. The molecule has 0 bridgehead atoms. The van der Waals surface area contributed by atoms with Crippen LogP contribution in [0.4, 0.5) is 4.79 Å². The first-order chi connectivity index (χ1) is 9.65. The molecule has 0 aromatic carbocycles. The van der Waals surface area contributed by atoms with Gasteiger partial charge in [-0.25, -0.2) is 4.79 Å². The third kappa shape index (κ3) is 4.64. The zero-order valence-corrected chi connectivity index (χ0v) is 11.7. The second-order valence-corrected chi connectivity index (χ2v) is 5.32. The van der Waals surface area contributed by atoms with Crippen molar-refractivity contribution in [2.75, 3.05) is 45.9 Å². The van der Waals surface area contributed by atoms with Crippen LogP contribution in [-0.2, 0) is 9.53 Å². The molecule has 0 radical (unpaired) electrons. The summed E-state index contributed by atoms with van der Waals surface area (Å²) in [6.45, 7) is 5.03. The van der Waals surface area contributed by atoms with Gasteiger partial charge < -0.3 is 25.0 Å². The van der Waals surface area contributed by atoms with Crippen molar-refractivity contribution in [3.8, 4) is 0 Å². The standard InChI is InChI=1S/C13H23N3O4/c17-12(18)9-11-10-16(7-8-20-11)13(19)14-3-6-15-4-1-2-5-15/h11H,1-10H2,(H,14,19)(H,17,18). The molecule has 0 spiro atoms. The van der Waals surface area contributed by atoms with Gasteiger partial charge in [0.25, 0.3) is 0 Å². The number of aliphatic carboxylic acids is 1. The summed E-state index contributed by atoms with van der Waals surface area (Å²) in [6, 6.07) is -0.122. The molecule has 7 nitrogen and oxygen atoms in total. The molecule has 0 aliphatic carbocycles. The highest BCUT2D eigenvalue weighted by molar-refractivity contribution is 5.74. The third-order valence-corrected chi connectivity index (χ3v) is 3.73. The number of morpholine rings is 1. The molecule has 2 aliphatic heterocycles. The molecule has 1 atom stereocenters. The van der Waals surface area contributed by atoms with Crippen LogP contribution in [-0.4, -0.2) is 78.9 Å². The average Bonchev–Trinajstić information content (AvgIpc) is 2.91. The van der Waals surface area contributed by atoms with Gasteiger partial charge in [0.05, 0.1) is 19.1 Å². The van der Waals surface area contributed by atoms with Crippen molar-refractivity contribution < 1.29 is 19.4 Å². The lowest BCUT2D eigenvalue weighted by molar-refractivity contribution is -0.141. The van der Waals surface area contributed by atoms with Gasteiger partial charge in [0.2, 0.25) is 0 Å². The van der Waals surface area contributed by atoms with Crippen molar-refractivity contribution >= 4 is 12.0 Å². The number of rotatable bonds is 5. The van der Waals surface area contributed by atoms with Crippen molar-refractivity contribution in [3.63, 3.8) is 0 Å². The molecule has 1 unspecified atom stereocenters. The SMILES string of the molecule is O=C(O)CC1CN(C(=O)NCCN2CCCC2)CCO1. The van der Waals surface area contributed by atoms with Gasteiger partial charge in [0.15, 0.2) is 0 Å². The predicted molar refractivity (Wildman–Crippen MR) is 72.6 cm³/mol. The number of amides is 2. The molecule has 0 aromatic rings. The van der Waals surface area contributed by atoms with Crippen LogP contribution in [0.5, 0.6) is 0 Å². The van der Waals surface area contributed by atoms with E-state index in [1.807, 2.05) is 0 Å². The van der Waals surface area contributed by atoms with E-state index in [0.717, 1.165) is 19.6 Å². The van der Waals surface area contributed by atoms with Gasteiger partial charge in [-0.3, -0.25) is 4.79 Å². The smallest absolute Gasteiger partial charge is 0.317 e. The highest BCUT2D eigenvalue weighted by Gasteiger charge is 2.25. The number of carbonyl (C=O) groups excluding carboxylic acids is 1. The van der Waals surface area contributed by atoms with Gasteiger partial charge in [-0.2, -0.15) is 0 Å². The molecule has 114 valence electrons. The normalized spacial score (nSPS) is 23.8. The van der Waals surface area contributed by atoms with E-state index in [1.165, 1.54) is 12.8 Å². The van der Waals surface area contributed by atoms with Gasteiger partial charge >= 0.3 is 12.0 Å². The van der Waals surface area contributed by atoms with E-state index >= 15 is 0 Å². The van der Waals surface area contributed by atoms with Gasteiger partial charge in [0, 0.05) is 26.2 Å². The maximum absolute atomic E-state index is 12.0. The van der Waals surface area contributed by atoms with Crippen LogP contribution >= 0.6 is 0 Å². The van der Waals surface area contributed by atoms with Gasteiger partial charge in [-0.05, 0) is 25.9 Å². The number of nitrogens with one attached hydrogen (secondary N) is 1. The van der Waals surface area contributed by atoms with E-state index in [-0.39, 0.29) is 12.5 Å². The number of carboxylic acids is 1. The van der Waals surface area contributed by atoms with Crippen molar-refractivity contribution in [1.29, 1.82) is 0 Å². The molecular formula is C13H23N3O4. The van der Waals surface area contributed by atoms with Crippen LogP contribution in [0.2, 0.25) is 0 Å². The van der Waals surface area contributed by atoms with Crippen LogP contribution in [0, 0.1) is 0 Å². The Hall–Kier alpha value is -1.34. The van der Waals surface area contributed by atoms with Crippen LogP contribution in [0.1, 0.15) is 19.3 Å². The van der Waals surface area contributed by atoms with Crippen LogP contribution in [0.3, 0.4) is 0 Å². The topological polar surface area (TPSA) is 82.1 Å². The molecule has 2 N–H and O–H groups in total. The summed E-state index contributed by atoms with van der Waals surface area (Å²) in [5.41, 5.74) is 0. The molecule has 0 saturated carbocycles. The van der Waals surface area contributed by atoms with E-state index in [0.29, 0.717) is 26.2 Å². The molecular weight excluding hydrogens is 262 g/mol. The highest BCUT2D eigenvalue weighted by Crippen LogP contribution is 2.09. The lowest BCUT2D eigenvalue weighted by Gasteiger charge is -2.32. The maximum atomic E-state index is 12.0. The Morgan fingerprint density at radius 3 is 2.70 bits per heavy atom. The molecule has 2 fully saturated rings. The van der Waals surface area contributed by atoms with Gasteiger partial charge in [0.1, 0.15) is 0 Å². The number of likely N-dealkylation sites (tertiary alicyclic amines) is 1. The molecule has 2 saturated heterocycles. The Kier molecular flexibility index (Phi) is 5.60. The quantitative estimate of drug-likeness (QED) is 0.741. The summed E-state index contributed by atoms with van der Waals surface area (Å²) in [5.74, 6) is -0.897. The van der Waals surface area contributed by atoms with Crippen molar-refractivity contribution in [2.45, 2.75) is 25.4 Å². The Morgan fingerprint density at radius 1 is 1.25 bits per heavy atom. The maximum Gasteiger partial charge on any atom is 0.317 e. The summed E-state index contributed by atoms with van der Waals surface area (Å²) < 4.78 is 5.34. The summed E-state index contributed by atoms with van der Waals surface area (Å²) in [7, 11) is 0. The fraction of sp³-hybridized carbons (Fsp3) is 0.846. The molecule has 2 aliphatic rings. The monoisotopic (exact) mass is 285 g/mol. The first-order valence-electron chi connectivity index (χ1n) is 7.23. The minimum atomic E-state index is -0.897. The van der Waals surface area contributed by atoms with Crippen LogP contribution in [0.15, 0.2) is 0 Å². The first kappa shape index (κ1) is 15.1. The van der Waals surface area contributed by atoms with E-state index in [9.17, 15) is 9.59 Å². The minimum absolute atomic E-state index is 0.0580. The van der Waals surface area contributed by atoms with E-state index < -0.39 is 12.1 Å². The Morgan fingerprint density at radius 2 is 2.00 bits per heavy atom. The molecule has 7 heteroatoms. The lowest BCUT2D eigenvalue weighted by Crippen LogP contribution is -2.51. The molecule has 0 aromatic heterocycles. The second kappa shape index (κ2) is 7.44. The summed E-state index contributed by atoms with van der Waals surface area (Å²) >= 11 is 0. The third-order valence-electron chi connectivity index (χ3n) is 3.73. The Bertz CT molecular complexity index is 345. The largest absolute Gasteiger partial charge is 0.481 e. The molecule has 2 heterocycles. The average molecular weight is 285 g/mol. The molecule has 2 amide bonds. The molecule has 2 rings (SSSR count). The Balaban J connectivity index is 1.67. The van der Waals surface area contributed by atoms with Crippen LogP contribution < -0.4 is 5.32 Å². The summed E-state index contributed by atoms with van der Waals surface area (Å²) in [6.07, 6.45) is 2.03. The number of nitrogens with zero attached hydrogens (tertiary/aromatic N) is 2. The molecule has 20 heavy (non-hydrogen) atoms. The number of ether oxygens (including phenoxy) is 1. The minimum Gasteiger partial charge on any atom is -0.481 e. The van der Waals surface area contributed by atoms with Crippen molar-refractivity contribution in [3.05, 3.63) is 0 Å². The summed E-state index contributed by atoms with van der Waals surface area (Å²) in [4.78, 5) is 26.6. The van der Waals surface area contributed by atoms with E-state index in [2.05, 4.69) is 10.2 Å². The Labute approximate surface area is 118 Å². The highest BCUT2D eigenvalue weighted by atomic mass is 16.5. The van der Waals surface area contributed by atoms with E-state index in [1.54, 1.807) is 4.90 Å². The predicted octanol–water partition coefficient (Wildman–Crippen LogP) is -0.0327. The zero-order chi connectivity index (χ0) is 14.4. The van der Waals surface area contributed by atoms with Crippen LogP contribution in [0.25, 0.3) is 0 Å². The second-order valence-electron chi connectivity index (χ2n) is 5.32. The van der Waals surface area contributed by atoms with E-state index in [4.69, 9.17) is 9.84 Å². The zero-order valence-electron chi connectivity index (χ0n) is 11.7. The summed E-state index contributed by atoms with van der Waals surface area (Å²) in [5, 5.41) is 11.6. The fourth-order valence-electron chi connectivity index (χ4n) is 2.66.